The molecular weight excluding hydrogens is 297 g/mol. The van der Waals surface area contributed by atoms with E-state index in [2.05, 4.69) is 10.2 Å². The molecule has 3 aromatic rings. The van der Waals surface area contributed by atoms with Gasteiger partial charge in [0.15, 0.2) is 0 Å². The Kier molecular flexibility index (Phi) is 4.34. The number of ether oxygens (including phenoxy) is 1. The lowest BCUT2D eigenvalue weighted by molar-refractivity contribution is -0.107. The highest BCUT2D eigenvalue weighted by Gasteiger charge is 2.12. The van der Waals surface area contributed by atoms with E-state index in [1.165, 1.54) is 12.1 Å². The quantitative estimate of drug-likeness (QED) is 0.712. The van der Waals surface area contributed by atoms with Crippen LogP contribution in [0.1, 0.15) is 0 Å². The van der Waals surface area contributed by atoms with Gasteiger partial charge in [-0.3, -0.25) is 9.89 Å². The number of nitrogens with one attached hydrogen (secondary N) is 1. The van der Waals surface area contributed by atoms with Crippen molar-refractivity contribution >= 4 is 23.0 Å². The van der Waals surface area contributed by atoms with E-state index < -0.39 is 0 Å². The van der Waals surface area contributed by atoms with Crippen molar-refractivity contribution < 1.29 is 13.9 Å². The number of methoxy groups -OCH3 is 1. The zero-order chi connectivity index (χ0) is 16.2. The maximum absolute atomic E-state index is 13.1. The number of aromatic amines is 1. The smallest absolute Gasteiger partial charge is 0.214 e. The zero-order valence-corrected chi connectivity index (χ0v) is 12.6. The van der Waals surface area contributed by atoms with Crippen LogP contribution in [0.3, 0.4) is 0 Å². The molecule has 0 unspecified atom stereocenters. The Morgan fingerprint density at radius 1 is 1.26 bits per heavy atom. The minimum absolute atomic E-state index is 0.291. The summed E-state index contributed by atoms with van der Waals surface area (Å²) in [5, 5.41) is 8.13. The van der Waals surface area contributed by atoms with Crippen LogP contribution < -0.4 is 4.90 Å². The van der Waals surface area contributed by atoms with Gasteiger partial charge in [0.1, 0.15) is 5.82 Å². The molecule has 1 heterocycles. The Bertz CT molecular complexity index is 814. The van der Waals surface area contributed by atoms with E-state index in [4.69, 9.17) is 4.74 Å². The van der Waals surface area contributed by atoms with Gasteiger partial charge >= 0.3 is 0 Å². The summed E-state index contributed by atoms with van der Waals surface area (Å²) in [7, 11) is 1.59. The number of amides is 1. The Labute approximate surface area is 132 Å². The number of carbonyl (C=O) groups is 1. The van der Waals surface area contributed by atoms with E-state index in [1.807, 2.05) is 18.2 Å². The fourth-order valence-corrected chi connectivity index (χ4v) is 2.44. The van der Waals surface area contributed by atoms with Crippen molar-refractivity contribution in [2.45, 2.75) is 0 Å². The highest BCUT2D eigenvalue weighted by Crippen LogP contribution is 2.29. The van der Waals surface area contributed by atoms with E-state index in [0.29, 0.717) is 13.2 Å². The van der Waals surface area contributed by atoms with Gasteiger partial charge in [0.25, 0.3) is 0 Å². The summed E-state index contributed by atoms with van der Waals surface area (Å²) in [5.74, 6) is -0.291. The van der Waals surface area contributed by atoms with E-state index >= 15 is 0 Å². The van der Waals surface area contributed by atoms with Crippen molar-refractivity contribution in [1.29, 1.82) is 0 Å². The summed E-state index contributed by atoms with van der Waals surface area (Å²) in [6, 6.07) is 11.8. The number of hydrogen-bond acceptors (Lipinski definition) is 3. The van der Waals surface area contributed by atoms with Crippen LogP contribution in [-0.4, -0.2) is 36.9 Å². The second-order valence-corrected chi connectivity index (χ2v) is 5.10. The molecule has 0 saturated carbocycles. The number of H-pyrrole nitrogens is 1. The summed E-state index contributed by atoms with van der Waals surface area (Å²) in [5.41, 5.74) is 3.14. The van der Waals surface area contributed by atoms with Crippen molar-refractivity contribution in [3.05, 3.63) is 48.3 Å². The van der Waals surface area contributed by atoms with E-state index in [0.717, 1.165) is 34.3 Å². The van der Waals surface area contributed by atoms with Crippen LogP contribution in [-0.2, 0) is 9.53 Å². The highest BCUT2D eigenvalue weighted by atomic mass is 19.1. The molecule has 0 bridgehead atoms. The number of fused-ring (bicyclic) bond motifs is 1. The largest absolute Gasteiger partial charge is 0.383 e. The maximum atomic E-state index is 13.1. The van der Waals surface area contributed by atoms with Gasteiger partial charge in [-0.1, -0.05) is 0 Å². The standard InChI is InChI=1S/C17H16FN3O2/c1-23-9-8-21(11-22)14-6-7-16-15(10-14)17(20-19-16)12-2-4-13(18)5-3-12/h2-7,10-11H,8-9H2,1H3,(H,19,20). The van der Waals surface area contributed by atoms with E-state index in [1.54, 1.807) is 24.1 Å². The van der Waals surface area contributed by atoms with Gasteiger partial charge in [0.05, 0.1) is 17.8 Å². The second-order valence-electron chi connectivity index (χ2n) is 5.10. The molecule has 1 N–H and O–H groups in total. The molecule has 0 aliphatic carbocycles. The SMILES string of the molecule is COCCN(C=O)c1ccc2[nH]nc(-c3ccc(F)cc3)c2c1. The minimum Gasteiger partial charge on any atom is -0.383 e. The fraction of sp³-hybridized carbons (Fsp3) is 0.176. The molecular formula is C17H16FN3O2. The second kappa shape index (κ2) is 6.58. The Morgan fingerprint density at radius 3 is 2.74 bits per heavy atom. The molecule has 0 saturated heterocycles. The number of nitrogens with zero attached hydrogens (tertiary/aromatic N) is 2. The lowest BCUT2D eigenvalue weighted by Crippen LogP contribution is -2.25. The van der Waals surface area contributed by atoms with Crippen molar-refractivity contribution in [3.8, 4) is 11.3 Å². The van der Waals surface area contributed by atoms with Crippen LogP contribution >= 0.6 is 0 Å². The Morgan fingerprint density at radius 2 is 2.04 bits per heavy atom. The Balaban J connectivity index is 2.02. The van der Waals surface area contributed by atoms with Crippen LogP contribution in [0.2, 0.25) is 0 Å². The third kappa shape index (κ3) is 3.07. The minimum atomic E-state index is -0.291. The molecule has 23 heavy (non-hydrogen) atoms. The van der Waals surface area contributed by atoms with Gasteiger partial charge < -0.3 is 9.64 Å². The normalized spacial score (nSPS) is 10.9. The molecule has 0 aliphatic heterocycles. The molecule has 1 aromatic heterocycles. The van der Waals surface area contributed by atoms with Gasteiger partial charge in [-0.05, 0) is 42.5 Å². The van der Waals surface area contributed by atoms with E-state index in [-0.39, 0.29) is 5.82 Å². The van der Waals surface area contributed by atoms with Gasteiger partial charge in [0.2, 0.25) is 6.41 Å². The average molecular weight is 313 g/mol. The lowest BCUT2D eigenvalue weighted by atomic mass is 10.1. The zero-order valence-electron chi connectivity index (χ0n) is 12.6. The molecule has 0 spiro atoms. The number of hydrogen-bond donors (Lipinski definition) is 1. The van der Waals surface area contributed by atoms with Crippen LogP contribution in [0.15, 0.2) is 42.5 Å². The van der Waals surface area contributed by atoms with Gasteiger partial charge in [0, 0.05) is 30.3 Å². The first kappa shape index (κ1) is 15.2. The van der Waals surface area contributed by atoms with Crippen molar-refractivity contribution in [2.24, 2.45) is 0 Å². The molecule has 3 rings (SSSR count). The third-order valence-corrected chi connectivity index (χ3v) is 3.66. The number of rotatable bonds is 6. The summed E-state index contributed by atoms with van der Waals surface area (Å²) in [4.78, 5) is 12.9. The van der Waals surface area contributed by atoms with Crippen LogP contribution in [0.4, 0.5) is 10.1 Å². The summed E-state index contributed by atoms with van der Waals surface area (Å²) in [6.07, 6.45) is 0.776. The summed E-state index contributed by atoms with van der Waals surface area (Å²) in [6.45, 7) is 0.919. The lowest BCUT2D eigenvalue weighted by Gasteiger charge is -2.17. The molecule has 6 heteroatoms. The summed E-state index contributed by atoms with van der Waals surface area (Å²) < 4.78 is 18.1. The number of carbonyl (C=O) groups excluding carboxylic acids is 1. The topological polar surface area (TPSA) is 58.2 Å². The van der Waals surface area contributed by atoms with Gasteiger partial charge in [-0.2, -0.15) is 5.10 Å². The average Bonchev–Trinajstić information content (AvgIpc) is 2.99. The number of anilines is 1. The molecule has 0 aliphatic rings. The molecule has 0 fully saturated rings. The van der Waals surface area contributed by atoms with E-state index in [9.17, 15) is 9.18 Å². The number of aromatic nitrogens is 2. The highest BCUT2D eigenvalue weighted by molar-refractivity contribution is 5.96. The van der Waals surface area contributed by atoms with Crippen LogP contribution in [0.25, 0.3) is 22.2 Å². The number of benzene rings is 2. The predicted octanol–water partition coefficient (Wildman–Crippen LogP) is 2.98. The van der Waals surface area contributed by atoms with Crippen LogP contribution in [0, 0.1) is 5.82 Å². The van der Waals surface area contributed by atoms with Gasteiger partial charge in [-0.25, -0.2) is 4.39 Å². The molecule has 0 radical (unpaired) electrons. The first-order valence-electron chi connectivity index (χ1n) is 7.18. The third-order valence-electron chi connectivity index (χ3n) is 3.66. The molecule has 2 aromatic carbocycles. The summed E-state index contributed by atoms with van der Waals surface area (Å²) >= 11 is 0. The fourth-order valence-electron chi connectivity index (χ4n) is 2.44. The van der Waals surface area contributed by atoms with Crippen molar-refractivity contribution in [3.63, 3.8) is 0 Å². The van der Waals surface area contributed by atoms with Crippen LogP contribution in [0.5, 0.6) is 0 Å². The molecule has 118 valence electrons. The first-order chi connectivity index (χ1) is 11.2. The Hall–Kier alpha value is -2.73. The van der Waals surface area contributed by atoms with Crippen molar-refractivity contribution in [1.82, 2.24) is 10.2 Å². The van der Waals surface area contributed by atoms with Gasteiger partial charge in [-0.15, -0.1) is 0 Å². The first-order valence-corrected chi connectivity index (χ1v) is 7.18. The molecule has 1 amide bonds. The molecule has 5 nitrogen and oxygen atoms in total. The van der Waals surface area contributed by atoms with Crippen molar-refractivity contribution in [2.75, 3.05) is 25.2 Å². The number of halogens is 1. The monoisotopic (exact) mass is 313 g/mol. The maximum Gasteiger partial charge on any atom is 0.214 e. The molecule has 0 atom stereocenters. The predicted molar refractivity (Wildman–Crippen MR) is 86.8 cm³/mol.